The highest BCUT2D eigenvalue weighted by Crippen LogP contribution is 2.37. The fraction of sp³-hybridized carbons (Fsp3) is 0. The minimum atomic E-state index is -0.719. The average Bonchev–Trinajstić information content (AvgIpc) is 3.95. The van der Waals surface area contributed by atoms with Crippen molar-refractivity contribution in [2.45, 2.75) is 0 Å². The predicted molar refractivity (Wildman–Crippen MR) is 230 cm³/mol. The van der Waals surface area contributed by atoms with Crippen molar-refractivity contribution < 1.29 is 20.6 Å². The monoisotopic (exact) mass is 730 g/mol. The van der Waals surface area contributed by atoms with Gasteiger partial charge in [-0.25, -0.2) is 15.0 Å². The maximum absolute atomic E-state index is 9.88. The molecule has 0 amide bonds. The van der Waals surface area contributed by atoms with Crippen molar-refractivity contribution in [2.24, 2.45) is 0 Å². The van der Waals surface area contributed by atoms with Crippen molar-refractivity contribution >= 4 is 43.6 Å². The molecule has 3 heterocycles. The Morgan fingerprint density at radius 1 is 0.321 bits per heavy atom. The lowest BCUT2D eigenvalue weighted by atomic mass is 10.0. The van der Waals surface area contributed by atoms with E-state index in [0.717, 1.165) is 26.8 Å². The molecule has 0 unspecified atom stereocenters. The first-order valence-electron chi connectivity index (χ1n) is 25.1. The number of hydrogen-bond acceptors (Lipinski definition) is 3. The molecule has 0 radical (unpaired) electrons. The van der Waals surface area contributed by atoms with E-state index in [0.29, 0.717) is 23.0 Å². The van der Waals surface area contributed by atoms with E-state index in [4.69, 9.17) is 28.7 Å². The van der Waals surface area contributed by atoms with Crippen molar-refractivity contribution in [1.29, 1.82) is 0 Å². The molecule has 0 aliphatic rings. The highest BCUT2D eigenvalue weighted by atomic mass is 15.0. The van der Waals surface area contributed by atoms with Crippen molar-refractivity contribution in [3.05, 3.63) is 200 Å². The van der Waals surface area contributed by atoms with Gasteiger partial charge in [0.25, 0.3) is 0 Å². The van der Waals surface area contributed by atoms with Gasteiger partial charge in [-0.2, -0.15) is 0 Å². The Morgan fingerprint density at radius 3 is 1.23 bits per heavy atom. The van der Waals surface area contributed by atoms with Crippen LogP contribution in [0, 0.1) is 0 Å². The maximum Gasteiger partial charge on any atom is 0.164 e. The normalized spacial score (nSPS) is 15.3. The van der Waals surface area contributed by atoms with Crippen LogP contribution < -0.4 is 0 Å². The zero-order valence-corrected chi connectivity index (χ0v) is 29.1. The molecule has 0 saturated carbocycles. The van der Waals surface area contributed by atoms with Gasteiger partial charge in [0, 0.05) is 49.6 Å². The van der Waals surface area contributed by atoms with Crippen LogP contribution in [-0.4, -0.2) is 24.1 Å². The number of nitrogens with zero attached hydrogens (tertiary/aromatic N) is 5. The molecule has 3 aromatic heterocycles. The molecular weight excluding hydrogens is 683 g/mol. The molecule has 0 aliphatic carbocycles. The van der Waals surface area contributed by atoms with E-state index < -0.39 is 96.3 Å². The first kappa shape index (κ1) is 20.2. The summed E-state index contributed by atoms with van der Waals surface area (Å²) in [6, 6.07) is 24.3. The fourth-order valence-corrected chi connectivity index (χ4v) is 7.07. The van der Waals surface area contributed by atoms with E-state index in [-0.39, 0.29) is 49.3 Å². The molecule has 0 bridgehead atoms. The summed E-state index contributed by atoms with van der Waals surface area (Å²) in [5.74, 6) is 1.13. The number of fused-ring (bicyclic) bond motifs is 6. The minimum absolute atomic E-state index is 0.129. The summed E-state index contributed by atoms with van der Waals surface area (Å²) in [6.07, 6.45) is 0. The molecule has 0 fully saturated rings. The molecule has 0 aliphatic heterocycles. The Morgan fingerprint density at radius 2 is 0.696 bits per heavy atom. The average molecular weight is 731 g/mol. The largest absolute Gasteiger partial charge is 0.309 e. The van der Waals surface area contributed by atoms with Gasteiger partial charge in [-0.05, 0) is 71.6 Å². The summed E-state index contributed by atoms with van der Waals surface area (Å²) >= 11 is 0. The van der Waals surface area contributed by atoms with Crippen LogP contribution in [0.5, 0.6) is 0 Å². The Kier molecular flexibility index (Phi) is 4.70. The zero-order chi connectivity index (χ0) is 50.1. The molecule has 0 spiro atoms. The van der Waals surface area contributed by atoms with Crippen LogP contribution in [0.3, 0.4) is 0 Å². The van der Waals surface area contributed by atoms with Crippen LogP contribution in [0.25, 0.3) is 100 Å². The number of benzene rings is 8. The SMILES string of the molecule is [2H]c1c([2H])c([2H])c2c(c1[2H])c1c([2H])c(-n3c4c([2H])c([2H])c([2H])c([2H])c4c4c([2H])c([2H])c([2H])c([2H])c43)c([2H])c([2H])c1n2-c1ccc(-c2nc(-c3ccccc3)nc(-c3ccc(-c4ccccc4)cc3)n2)cc1. The first-order valence-corrected chi connectivity index (χ1v) is 17.6. The van der Waals surface area contributed by atoms with Gasteiger partial charge in [-0.1, -0.05) is 139 Å². The summed E-state index contributed by atoms with van der Waals surface area (Å²) in [6.45, 7) is 0. The lowest BCUT2D eigenvalue weighted by Gasteiger charge is -2.12. The quantitative estimate of drug-likeness (QED) is 0.171. The topological polar surface area (TPSA) is 48.5 Å². The number of hydrogen-bond donors (Lipinski definition) is 0. The predicted octanol–water partition coefficient (Wildman–Crippen LogP) is 12.7. The van der Waals surface area contributed by atoms with Crippen molar-refractivity contribution in [2.75, 3.05) is 0 Å². The lowest BCUT2D eigenvalue weighted by Crippen LogP contribution is -2.00. The van der Waals surface area contributed by atoms with Crippen LogP contribution in [0.2, 0.25) is 0 Å². The summed E-state index contributed by atoms with van der Waals surface area (Å²) in [5, 5.41) is -0.992. The van der Waals surface area contributed by atoms with Gasteiger partial charge >= 0.3 is 0 Å². The van der Waals surface area contributed by atoms with E-state index in [1.807, 2.05) is 84.9 Å². The Bertz CT molecular complexity index is 4010. The van der Waals surface area contributed by atoms with E-state index in [2.05, 4.69) is 0 Å². The standard InChI is InChI=1S/C51H33N5/c1-3-13-34(14-4-1)35-23-25-37(26-24-35)50-52-49(36-15-5-2-6-16-36)53-51(54-50)38-27-29-39(30-28-38)55-47-22-12-9-19-43(47)44-33-40(31-32-48(44)55)56-45-20-10-7-17-41(45)42-18-8-11-21-46(42)56/h1-33H/i7D,8D,9D,10D,11D,12D,17D,18D,19D,20D,21D,22D,31D,32D,33D. The van der Waals surface area contributed by atoms with Gasteiger partial charge in [-0.15, -0.1) is 0 Å². The number of para-hydroxylation sites is 3. The first-order chi connectivity index (χ1) is 34.0. The molecule has 11 aromatic rings. The molecule has 262 valence electrons. The summed E-state index contributed by atoms with van der Waals surface area (Å²) in [7, 11) is 0. The number of aromatic nitrogens is 5. The highest BCUT2D eigenvalue weighted by Gasteiger charge is 2.17. The van der Waals surface area contributed by atoms with Crippen molar-refractivity contribution in [3.8, 4) is 56.7 Å². The Hall–Kier alpha value is -7.63. The summed E-state index contributed by atoms with van der Waals surface area (Å²) in [4.78, 5) is 14.6. The van der Waals surface area contributed by atoms with E-state index in [1.165, 1.54) is 4.57 Å². The van der Waals surface area contributed by atoms with Gasteiger partial charge < -0.3 is 9.13 Å². The van der Waals surface area contributed by atoms with Gasteiger partial charge in [0.1, 0.15) is 0 Å². The maximum atomic E-state index is 9.88. The second kappa shape index (κ2) is 13.0. The molecule has 8 aromatic carbocycles. The van der Waals surface area contributed by atoms with E-state index in [9.17, 15) is 6.85 Å². The third-order valence-electron chi connectivity index (χ3n) is 9.70. The number of rotatable bonds is 6. The van der Waals surface area contributed by atoms with Gasteiger partial charge in [0.05, 0.1) is 42.6 Å². The molecule has 56 heavy (non-hydrogen) atoms. The summed E-state index contributed by atoms with van der Waals surface area (Å²) < 4.78 is 137. The third kappa shape index (κ3) is 5.29. The van der Waals surface area contributed by atoms with Crippen LogP contribution in [0.4, 0.5) is 0 Å². The second-order valence-electron chi connectivity index (χ2n) is 13.0. The Labute approximate surface area is 344 Å². The molecule has 5 heteroatoms. The Balaban J connectivity index is 1.15. The van der Waals surface area contributed by atoms with Gasteiger partial charge in [-0.3, -0.25) is 0 Å². The van der Waals surface area contributed by atoms with Crippen LogP contribution in [0.1, 0.15) is 20.6 Å². The molecule has 11 rings (SSSR count). The fourth-order valence-electron chi connectivity index (χ4n) is 7.07. The highest BCUT2D eigenvalue weighted by molar-refractivity contribution is 6.12. The molecule has 0 saturated heterocycles. The second-order valence-corrected chi connectivity index (χ2v) is 13.0. The smallest absolute Gasteiger partial charge is 0.164 e. The van der Waals surface area contributed by atoms with Crippen LogP contribution in [0.15, 0.2) is 200 Å². The van der Waals surface area contributed by atoms with Gasteiger partial charge in [0.15, 0.2) is 17.5 Å². The molecule has 5 nitrogen and oxygen atoms in total. The minimum Gasteiger partial charge on any atom is -0.309 e. The zero-order valence-electron chi connectivity index (χ0n) is 44.1. The molecule has 0 atom stereocenters. The van der Waals surface area contributed by atoms with Crippen molar-refractivity contribution in [3.63, 3.8) is 0 Å². The molecular formula is C51H33N5. The van der Waals surface area contributed by atoms with Crippen molar-refractivity contribution in [1.82, 2.24) is 24.1 Å². The van der Waals surface area contributed by atoms with Crippen LogP contribution in [-0.2, 0) is 0 Å². The molecule has 0 N–H and O–H groups in total. The van der Waals surface area contributed by atoms with E-state index >= 15 is 0 Å². The van der Waals surface area contributed by atoms with Gasteiger partial charge in [0.2, 0.25) is 0 Å². The third-order valence-corrected chi connectivity index (χ3v) is 9.70. The van der Waals surface area contributed by atoms with E-state index in [1.54, 1.807) is 24.3 Å². The lowest BCUT2D eigenvalue weighted by molar-refractivity contribution is 1.07. The summed E-state index contributed by atoms with van der Waals surface area (Å²) in [5.41, 5.74) is 2.82. The van der Waals surface area contributed by atoms with Crippen LogP contribution >= 0.6 is 0 Å².